The molecule has 0 aromatic heterocycles. The van der Waals surface area contributed by atoms with Crippen LogP contribution in [0.4, 0.5) is 0 Å². The Hall–Kier alpha value is -1.31. The summed E-state index contributed by atoms with van der Waals surface area (Å²) < 4.78 is 27.3. The molecule has 0 aliphatic heterocycles. The van der Waals surface area contributed by atoms with Gasteiger partial charge in [0.2, 0.25) is 0 Å². The van der Waals surface area contributed by atoms with Crippen molar-refractivity contribution < 1.29 is 40.6 Å². The van der Waals surface area contributed by atoms with Crippen molar-refractivity contribution >= 4 is 5.97 Å². The van der Waals surface area contributed by atoms with Gasteiger partial charge in [0.05, 0.1) is 0 Å². The molecule has 0 amide bonds. The van der Waals surface area contributed by atoms with Gasteiger partial charge in [0, 0.05) is 24.0 Å². The van der Waals surface area contributed by atoms with Crippen LogP contribution in [0.1, 0.15) is 19.8 Å². The van der Waals surface area contributed by atoms with Crippen LogP contribution in [0, 0.1) is 20.0 Å². The number of carbonyl (C=O) groups is 1. The number of esters is 1. The second-order valence-electron chi connectivity index (χ2n) is 2.18. The molecule has 0 radical (unpaired) electrons. The molecule has 0 unspecified atom stereocenters. The van der Waals surface area contributed by atoms with E-state index in [1.807, 2.05) is 18.2 Å². The Morgan fingerprint density at radius 3 is 1.94 bits per heavy atom. The molecule has 1 aliphatic rings. The Kier molecular flexibility index (Phi) is 35.1. The quantitative estimate of drug-likeness (QED) is 0.316. The number of allylic oxidation sites excluding steroid dienone is 3. The molecule has 17 heavy (non-hydrogen) atoms. The zero-order valence-electron chi connectivity index (χ0n) is 9.04. The zero-order valence-corrected chi connectivity index (χ0v) is 10.1. The molecule has 5 nitrogen and oxygen atoms in total. The van der Waals surface area contributed by atoms with Gasteiger partial charge in [-0.05, 0) is 25.0 Å². The fraction of sp³-hybridized carbons (Fsp3) is 0.273. The van der Waals surface area contributed by atoms with Gasteiger partial charge in [-0.1, -0.05) is 6.08 Å². The monoisotopic (exact) mass is 278 g/mol. The van der Waals surface area contributed by atoms with Gasteiger partial charge < -0.3 is 4.74 Å². The second-order valence-corrected chi connectivity index (χ2v) is 2.18. The predicted octanol–water partition coefficient (Wildman–Crippen LogP) is 1.67. The van der Waals surface area contributed by atoms with Gasteiger partial charge in [-0.25, -0.2) is 0 Å². The van der Waals surface area contributed by atoms with Crippen LogP contribution in [0.15, 0.2) is 24.0 Å². The van der Waals surface area contributed by atoms with Crippen LogP contribution in [-0.2, 0) is 40.6 Å². The number of carbonyl (C=O) groups excluding carboxylic acids is 1. The van der Waals surface area contributed by atoms with E-state index in [4.69, 9.17) is 18.7 Å². The first-order valence-electron chi connectivity index (χ1n) is 3.95. The van der Waals surface area contributed by atoms with E-state index in [1.54, 1.807) is 0 Å². The SMILES string of the molecule is CC(=O)OC1=CCCC=C1.[C-]#[O+].[C-]#[O+].[C-]#[O+].[Fe]. The Balaban J connectivity index is -0.000000106. The van der Waals surface area contributed by atoms with Crippen LogP contribution in [0.25, 0.3) is 0 Å². The minimum Gasteiger partial charge on any atom is 0 e. The minimum atomic E-state index is -0.252. The third-order valence-corrected chi connectivity index (χ3v) is 1.22. The maximum Gasteiger partial charge on any atom is 0 e. The molecule has 0 atom stereocenters. The van der Waals surface area contributed by atoms with Gasteiger partial charge in [0.25, 0.3) is 0 Å². The van der Waals surface area contributed by atoms with Crippen LogP contribution in [0.2, 0.25) is 0 Å². The van der Waals surface area contributed by atoms with Crippen molar-refractivity contribution in [3.8, 4) is 0 Å². The third-order valence-electron chi connectivity index (χ3n) is 1.22. The van der Waals surface area contributed by atoms with Crippen molar-refractivity contribution in [2.24, 2.45) is 0 Å². The Labute approximate surface area is 111 Å². The van der Waals surface area contributed by atoms with E-state index >= 15 is 0 Å². The number of ether oxygens (including phenoxy) is 1. The summed E-state index contributed by atoms with van der Waals surface area (Å²) in [5.41, 5.74) is 0. The van der Waals surface area contributed by atoms with Gasteiger partial charge in [-0.3, -0.25) is 4.79 Å². The molecule has 0 saturated heterocycles. The van der Waals surface area contributed by atoms with E-state index in [1.165, 1.54) is 6.92 Å². The standard InChI is InChI=1S/C8H10O2.3CO.Fe/c1-7(9)10-8-5-3-2-4-6-8;3*1-2;/h3,5-6H,2,4H2,1H3;;;;. The Bertz CT molecular complexity index is 284. The van der Waals surface area contributed by atoms with E-state index in [0.29, 0.717) is 5.76 Å². The number of rotatable bonds is 1. The van der Waals surface area contributed by atoms with E-state index in [2.05, 4.69) is 20.0 Å². The first-order chi connectivity index (χ1) is 7.79. The van der Waals surface area contributed by atoms with Crippen LogP contribution in [-0.4, -0.2) is 5.97 Å². The molecule has 6 heteroatoms. The van der Waals surface area contributed by atoms with Gasteiger partial charge in [-0.15, -0.1) is 0 Å². The van der Waals surface area contributed by atoms with Crippen LogP contribution in [0.5, 0.6) is 0 Å². The molecule has 0 heterocycles. The van der Waals surface area contributed by atoms with E-state index in [0.717, 1.165) is 12.8 Å². The summed E-state index contributed by atoms with van der Waals surface area (Å²) in [6, 6.07) is 0. The molecule has 0 spiro atoms. The van der Waals surface area contributed by atoms with E-state index in [-0.39, 0.29) is 23.0 Å². The van der Waals surface area contributed by atoms with E-state index in [9.17, 15) is 4.79 Å². The summed E-state index contributed by atoms with van der Waals surface area (Å²) in [5.74, 6) is 0.427. The van der Waals surface area contributed by atoms with Crippen molar-refractivity contribution in [2.75, 3.05) is 0 Å². The molecule has 0 aromatic carbocycles. The summed E-state index contributed by atoms with van der Waals surface area (Å²) in [6.07, 6.45) is 7.76. The summed E-state index contributed by atoms with van der Waals surface area (Å²) >= 11 is 0. The summed E-state index contributed by atoms with van der Waals surface area (Å²) in [7, 11) is 0. The third kappa shape index (κ3) is 20.7. The van der Waals surface area contributed by atoms with Crippen molar-refractivity contribution in [3.05, 3.63) is 43.9 Å². The molecule has 1 aliphatic carbocycles. The van der Waals surface area contributed by atoms with Gasteiger partial charge >= 0.3 is 39.9 Å². The minimum absolute atomic E-state index is 0. The molecular formula is C11H10FeO5. The average Bonchev–Trinajstić information content (AvgIpc) is 2.37. The topological polar surface area (TPSA) is 86.0 Å². The normalized spacial score (nSPS) is 9.94. The fourth-order valence-corrected chi connectivity index (χ4v) is 0.831. The molecule has 0 saturated carbocycles. The van der Waals surface area contributed by atoms with Crippen molar-refractivity contribution in [1.29, 1.82) is 0 Å². The van der Waals surface area contributed by atoms with Crippen LogP contribution >= 0.6 is 0 Å². The smallest absolute Gasteiger partial charge is 0 e. The molecule has 0 fully saturated rings. The Morgan fingerprint density at radius 1 is 1.18 bits per heavy atom. The largest absolute Gasteiger partial charge is 0 e. The van der Waals surface area contributed by atoms with Gasteiger partial charge in [-0.2, -0.15) is 0 Å². The van der Waals surface area contributed by atoms with Crippen LogP contribution < -0.4 is 0 Å². The van der Waals surface area contributed by atoms with Crippen LogP contribution in [0.3, 0.4) is 0 Å². The molecule has 92 valence electrons. The van der Waals surface area contributed by atoms with E-state index < -0.39 is 0 Å². The molecule has 0 aromatic rings. The second kappa shape index (κ2) is 24.1. The molecular weight excluding hydrogens is 268 g/mol. The Morgan fingerprint density at radius 2 is 1.65 bits per heavy atom. The summed E-state index contributed by atoms with van der Waals surface area (Å²) in [5, 5.41) is 0. The zero-order chi connectivity index (χ0) is 13.4. The number of hydrogen-bond acceptors (Lipinski definition) is 2. The summed E-state index contributed by atoms with van der Waals surface area (Å²) in [4.78, 5) is 10.4. The van der Waals surface area contributed by atoms with Gasteiger partial charge in [0.15, 0.2) is 0 Å². The first kappa shape index (κ1) is 24.8. The summed E-state index contributed by atoms with van der Waals surface area (Å²) in [6.45, 7) is 14.9. The average molecular weight is 278 g/mol. The fourth-order valence-electron chi connectivity index (χ4n) is 0.831. The van der Waals surface area contributed by atoms with Crippen molar-refractivity contribution in [1.82, 2.24) is 0 Å². The predicted molar refractivity (Wildman–Crippen MR) is 50.0 cm³/mol. The molecule has 0 bridgehead atoms. The molecule has 1 rings (SSSR count). The van der Waals surface area contributed by atoms with Gasteiger partial charge in [0.1, 0.15) is 5.76 Å². The number of hydrogen-bond donors (Lipinski definition) is 0. The van der Waals surface area contributed by atoms with Crippen molar-refractivity contribution in [3.63, 3.8) is 0 Å². The van der Waals surface area contributed by atoms with Crippen molar-refractivity contribution in [2.45, 2.75) is 19.8 Å². The first-order valence-corrected chi connectivity index (χ1v) is 3.95. The maximum atomic E-state index is 10.4. The molecule has 0 N–H and O–H groups in total. The maximum absolute atomic E-state index is 10.4.